The van der Waals surface area contributed by atoms with E-state index in [9.17, 15) is 9.59 Å². The van der Waals surface area contributed by atoms with Gasteiger partial charge in [-0.15, -0.1) is 12.4 Å². The number of rotatable bonds is 4. The molecule has 3 N–H and O–H groups in total. The van der Waals surface area contributed by atoms with Crippen molar-refractivity contribution in [1.29, 1.82) is 0 Å². The van der Waals surface area contributed by atoms with Crippen LogP contribution in [0.3, 0.4) is 0 Å². The lowest BCUT2D eigenvalue weighted by Crippen LogP contribution is -2.45. The number of para-hydroxylation sites is 1. The standard InChI is InChI=1S/C17H23N3O2.ClH/c18-11-12-5-4-8-14(12)16(21)19-15-9-10-20(17(15)22)13-6-2-1-3-7-13;/h1-3,6-7,12,14-15H,4-5,8-11,18H2,(H,19,21);1H/t12-,14-,15?;/m1./s1. The fraction of sp³-hybridized carbons (Fsp3) is 0.529. The zero-order valence-corrected chi connectivity index (χ0v) is 13.9. The predicted molar refractivity (Wildman–Crippen MR) is 92.5 cm³/mol. The Kier molecular flexibility index (Phi) is 6.02. The highest BCUT2D eigenvalue weighted by molar-refractivity contribution is 6.01. The molecule has 23 heavy (non-hydrogen) atoms. The van der Waals surface area contributed by atoms with Crippen molar-refractivity contribution in [1.82, 2.24) is 5.32 Å². The molecule has 1 saturated carbocycles. The third-order valence-electron chi connectivity index (χ3n) is 4.89. The Morgan fingerprint density at radius 1 is 1.22 bits per heavy atom. The third kappa shape index (κ3) is 3.67. The zero-order chi connectivity index (χ0) is 15.5. The van der Waals surface area contributed by atoms with Crippen LogP contribution in [-0.4, -0.2) is 30.9 Å². The van der Waals surface area contributed by atoms with E-state index in [-0.39, 0.29) is 36.1 Å². The number of hydrogen-bond donors (Lipinski definition) is 2. The van der Waals surface area contributed by atoms with Crippen LogP contribution in [0.2, 0.25) is 0 Å². The molecular weight excluding hydrogens is 314 g/mol. The lowest BCUT2D eigenvalue weighted by atomic mass is 9.95. The maximum atomic E-state index is 12.5. The van der Waals surface area contributed by atoms with Crippen molar-refractivity contribution < 1.29 is 9.59 Å². The molecule has 2 fully saturated rings. The first-order valence-corrected chi connectivity index (χ1v) is 8.07. The van der Waals surface area contributed by atoms with Crippen LogP contribution in [-0.2, 0) is 9.59 Å². The molecule has 126 valence electrons. The number of amides is 2. The summed E-state index contributed by atoms with van der Waals surface area (Å²) in [5, 5.41) is 2.95. The summed E-state index contributed by atoms with van der Waals surface area (Å²) in [6, 6.07) is 9.20. The van der Waals surface area contributed by atoms with Gasteiger partial charge in [0, 0.05) is 18.2 Å². The Morgan fingerprint density at radius 2 is 1.96 bits per heavy atom. The van der Waals surface area contributed by atoms with Gasteiger partial charge in [0.1, 0.15) is 6.04 Å². The van der Waals surface area contributed by atoms with Crippen LogP contribution < -0.4 is 16.0 Å². The average Bonchev–Trinajstić information content (AvgIpc) is 3.15. The Balaban J connectivity index is 0.00000192. The second kappa shape index (κ2) is 7.79. The smallest absolute Gasteiger partial charge is 0.249 e. The van der Waals surface area contributed by atoms with Gasteiger partial charge in [0.05, 0.1) is 0 Å². The average molecular weight is 338 g/mol. The first-order chi connectivity index (χ1) is 10.7. The normalized spacial score (nSPS) is 26.9. The minimum absolute atomic E-state index is 0. The van der Waals surface area contributed by atoms with E-state index >= 15 is 0 Å². The molecule has 0 bridgehead atoms. The van der Waals surface area contributed by atoms with E-state index in [1.54, 1.807) is 4.90 Å². The van der Waals surface area contributed by atoms with Crippen LogP contribution in [0.4, 0.5) is 5.69 Å². The molecule has 0 aromatic heterocycles. The van der Waals surface area contributed by atoms with Gasteiger partial charge in [0.25, 0.3) is 0 Å². The van der Waals surface area contributed by atoms with E-state index in [0.717, 1.165) is 24.9 Å². The minimum atomic E-state index is -0.397. The summed E-state index contributed by atoms with van der Waals surface area (Å²) in [4.78, 5) is 26.7. The number of benzene rings is 1. The molecule has 2 amide bonds. The molecular formula is C17H24ClN3O2. The first-order valence-electron chi connectivity index (χ1n) is 8.07. The van der Waals surface area contributed by atoms with Gasteiger partial charge in [-0.3, -0.25) is 9.59 Å². The lowest BCUT2D eigenvalue weighted by molar-refractivity contribution is -0.129. The van der Waals surface area contributed by atoms with Gasteiger partial charge in [-0.2, -0.15) is 0 Å². The van der Waals surface area contributed by atoms with Gasteiger partial charge in [-0.25, -0.2) is 0 Å². The zero-order valence-electron chi connectivity index (χ0n) is 13.1. The Bertz CT molecular complexity index is 552. The van der Waals surface area contributed by atoms with Crippen molar-refractivity contribution in [2.75, 3.05) is 18.0 Å². The molecule has 1 heterocycles. The summed E-state index contributed by atoms with van der Waals surface area (Å²) >= 11 is 0. The van der Waals surface area contributed by atoms with E-state index in [1.807, 2.05) is 30.3 Å². The van der Waals surface area contributed by atoms with Crippen molar-refractivity contribution >= 4 is 29.9 Å². The molecule has 2 aliphatic rings. The van der Waals surface area contributed by atoms with Crippen LogP contribution in [0.15, 0.2) is 30.3 Å². The number of nitrogens with zero attached hydrogens (tertiary/aromatic N) is 1. The quantitative estimate of drug-likeness (QED) is 0.878. The predicted octanol–water partition coefficient (Wildman–Crippen LogP) is 1.70. The molecule has 1 unspecified atom stereocenters. The number of carbonyl (C=O) groups is 2. The largest absolute Gasteiger partial charge is 0.344 e. The van der Waals surface area contributed by atoms with Crippen LogP contribution in [0.5, 0.6) is 0 Å². The van der Waals surface area contributed by atoms with Crippen LogP contribution >= 0.6 is 12.4 Å². The van der Waals surface area contributed by atoms with Crippen molar-refractivity contribution in [3.05, 3.63) is 30.3 Å². The minimum Gasteiger partial charge on any atom is -0.344 e. The molecule has 1 saturated heterocycles. The summed E-state index contributed by atoms with van der Waals surface area (Å²) in [6.45, 7) is 1.20. The number of halogens is 1. The van der Waals surface area contributed by atoms with E-state index in [0.29, 0.717) is 19.5 Å². The summed E-state index contributed by atoms with van der Waals surface area (Å²) < 4.78 is 0. The van der Waals surface area contributed by atoms with Crippen LogP contribution in [0.25, 0.3) is 0 Å². The fourth-order valence-electron chi connectivity index (χ4n) is 3.62. The van der Waals surface area contributed by atoms with Crippen LogP contribution in [0, 0.1) is 11.8 Å². The van der Waals surface area contributed by atoms with E-state index in [4.69, 9.17) is 5.73 Å². The highest BCUT2D eigenvalue weighted by Crippen LogP contribution is 2.31. The molecule has 5 nitrogen and oxygen atoms in total. The number of nitrogens with two attached hydrogens (primary N) is 1. The van der Waals surface area contributed by atoms with Gasteiger partial charge in [0.2, 0.25) is 11.8 Å². The van der Waals surface area contributed by atoms with E-state index in [1.165, 1.54) is 0 Å². The molecule has 1 aromatic rings. The lowest BCUT2D eigenvalue weighted by Gasteiger charge is -2.21. The molecule has 3 rings (SSSR count). The van der Waals surface area contributed by atoms with Gasteiger partial charge in [0.15, 0.2) is 0 Å². The molecule has 0 radical (unpaired) electrons. The van der Waals surface area contributed by atoms with Gasteiger partial charge >= 0.3 is 0 Å². The van der Waals surface area contributed by atoms with Crippen LogP contribution in [0.1, 0.15) is 25.7 Å². The third-order valence-corrected chi connectivity index (χ3v) is 4.89. The molecule has 1 aliphatic heterocycles. The first kappa shape index (κ1) is 17.8. The second-order valence-corrected chi connectivity index (χ2v) is 6.21. The fourth-order valence-corrected chi connectivity index (χ4v) is 3.62. The maximum Gasteiger partial charge on any atom is 0.249 e. The maximum absolute atomic E-state index is 12.5. The summed E-state index contributed by atoms with van der Waals surface area (Å²) in [6.07, 6.45) is 3.62. The number of nitrogens with one attached hydrogen (secondary N) is 1. The van der Waals surface area contributed by atoms with Crippen molar-refractivity contribution in [2.24, 2.45) is 17.6 Å². The summed E-state index contributed by atoms with van der Waals surface area (Å²) in [5.41, 5.74) is 6.63. The number of anilines is 1. The molecule has 0 spiro atoms. The van der Waals surface area contributed by atoms with Gasteiger partial charge < -0.3 is 16.0 Å². The van der Waals surface area contributed by atoms with E-state index < -0.39 is 6.04 Å². The van der Waals surface area contributed by atoms with Crippen molar-refractivity contribution in [2.45, 2.75) is 31.7 Å². The summed E-state index contributed by atoms with van der Waals surface area (Å²) in [7, 11) is 0. The van der Waals surface area contributed by atoms with Gasteiger partial charge in [-0.05, 0) is 43.9 Å². The Morgan fingerprint density at radius 3 is 2.65 bits per heavy atom. The second-order valence-electron chi connectivity index (χ2n) is 6.21. The highest BCUT2D eigenvalue weighted by Gasteiger charge is 2.37. The highest BCUT2D eigenvalue weighted by atomic mass is 35.5. The van der Waals surface area contributed by atoms with Crippen molar-refractivity contribution in [3.8, 4) is 0 Å². The van der Waals surface area contributed by atoms with Crippen molar-refractivity contribution in [3.63, 3.8) is 0 Å². The Hall–Kier alpha value is -1.59. The van der Waals surface area contributed by atoms with Gasteiger partial charge in [-0.1, -0.05) is 24.6 Å². The number of hydrogen-bond acceptors (Lipinski definition) is 3. The topological polar surface area (TPSA) is 75.4 Å². The molecule has 1 aromatic carbocycles. The van der Waals surface area contributed by atoms with E-state index in [2.05, 4.69) is 5.32 Å². The molecule has 3 atom stereocenters. The summed E-state index contributed by atoms with van der Waals surface area (Å²) in [5.74, 6) is 0.230. The Labute approximate surface area is 143 Å². The monoisotopic (exact) mass is 337 g/mol. The SMILES string of the molecule is Cl.NC[C@H]1CCC[C@H]1C(=O)NC1CCN(c2ccccc2)C1=O. The molecule has 6 heteroatoms. The molecule has 1 aliphatic carbocycles. The number of carbonyl (C=O) groups excluding carboxylic acids is 2.